The molecule has 17 heavy (non-hydrogen) atoms. The van der Waals surface area contributed by atoms with E-state index in [0.29, 0.717) is 11.4 Å². The van der Waals surface area contributed by atoms with Crippen LogP contribution in [0.5, 0.6) is 0 Å². The standard InChI is InChI=1S/C12H8N2O2S/c1-7-10(14-11(17-7)12(15)16)8-3-5-9(13-2)6-4-8/h3-6H,1H3,(H,15,16). The number of hydrogen-bond acceptors (Lipinski definition) is 3. The molecule has 1 aromatic heterocycles. The van der Waals surface area contributed by atoms with Gasteiger partial charge in [0.1, 0.15) is 0 Å². The maximum atomic E-state index is 10.8. The Labute approximate surface area is 102 Å². The molecule has 1 N–H and O–H groups in total. The Hall–Kier alpha value is -2.19. The van der Waals surface area contributed by atoms with Crippen molar-refractivity contribution in [3.8, 4) is 11.3 Å². The average molecular weight is 244 g/mol. The molecule has 0 aliphatic carbocycles. The number of aromatic nitrogens is 1. The average Bonchev–Trinajstić information content (AvgIpc) is 2.72. The summed E-state index contributed by atoms with van der Waals surface area (Å²) in [6.07, 6.45) is 0. The predicted octanol–water partition coefficient (Wildman–Crippen LogP) is 3.37. The number of rotatable bonds is 2. The summed E-state index contributed by atoms with van der Waals surface area (Å²) in [5.41, 5.74) is 2.06. The van der Waals surface area contributed by atoms with Crippen LogP contribution in [0.2, 0.25) is 0 Å². The third kappa shape index (κ3) is 2.17. The van der Waals surface area contributed by atoms with E-state index in [-0.39, 0.29) is 5.01 Å². The number of aryl methyl sites for hydroxylation is 1. The molecule has 5 heteroatoms. The molecule has 0 fully saturated rings. The van der Waals surface area contributed by atoms with Crippen LogP contribution in [-0.2, 0) is 0 Å². The van der Waals surface area contributed by atoms with Crippen LogP contribution in [0.15, 0.2) is 24.3 Å². The van der Waals surface area contributed by atoms with Crippen LogP contribution in [-0.4, -0.2) is 16.1 Å². The van der Waals surface area contributed by atoms with Gasteiger partial charge in [0.25, 0.3) is 0 Å². The molecule has 84 valence electrons. The van der Waals surface area contributed by atoms with Crippen molar-refractivity contribution in [1.29, 1.82) is 0 Å². The number of carboxylic acids is 1. The molecule has 0 atom stereocenters. The summed E-state index contributed by atoms with van der Waals surface area (Å²) < 4.78 is 0. The van der Waals surface area contributed by atoms with Crippen LogP contribution >= 0.6 is 11.3 Å². The smallest absolute Gasteiger partial charge is 0.365 e. The van der Waals surface area contributed by atoms with E-state index in [0.717, 1.165) is 21.8 Å². The monoisotopic (exact) mass is 244 g/mol. The lowest BCUT2D eigenvalue weighted by molar-refractivity contribution is 0.0696. The number of carbonyl (C=O) groups is 1. The second-order valence-electron chi connectivity index (χ2n) is 3.39. The van der Waals surface area contributed by atoms with Gasteiger partial charge >= 0.3 is 5.97 Å². The maximum absolute atomic E-state index is 10.8. The van der Waals surface area contributed by atoms with Gasteiger partial charge in [0, 0.05) is 4.88 Å². The summed E-state index contributed by atoms with van der Waals surface area (Å²) in [6, 6.07) is 6.95. The zero-order valence-electron chi connectivity index (χ0n) is 8.97. The highest BCUT2D eigenvalue weighted by molar-refractivity contribution is 7.13. The number of benzene rings is 1. The molecule has 2 rings (SSSR count). The fourth-order valence-electron chi connectivity index (χ4n) is 1.45. The van der Waals surface area contributed by atoms with Gasteiger partial charge < -0.3 is 5.11 Å². The topological polar surface area (TPSA) is 54.5 Å². The van der Waals surface area contributed by atoms with Crippen LogP contribution in [0.1, 0.15) is 14.7 Å². The Morgan fingerprint density at radius 1 is 1.41 bits per heavy atom. The zero-order valence-corrected chi connectivity index (χ0v) is 9.78. The van der Waals surface area contributed by atoms with Crippen LogP contribution in [0.25, 0.3) is 16.1 Å². The van der Waals surface area contributed by atoms with Gasteiger partial charge in [-0.2, -0.15) is 0 Å². The molecule has 4 nitrogen and oxygen atoms in total. The van der Waals surface area contributed by atoms with E-state index < -0.39 is 5.97 Å². The van der Waals surface area contributed by atoms with E-state index in [9.17, 15) is 4.79 Å². The SMILES string of the molecule is [C-]#[N+]c1ccc(-c2nc(C(=O)O)sc2C)cc1. The van der Waals surface area contributed by atoms with Gasteiger partial charge in [-0.15, -0.1) is 11.3 Å². The highest BCUT2D eigenvalue weighted by Gasteiger charge is 2.14. The first-order valence-corrected chi connectivity index (χ1v) is 5.62. The molecular formula is C12H8N2O2S. The maximum Gasteiger partial charge on any atom is 0.365 e. The largest absolute Gasteiger partial charge is 0.476 e. The fraction of sp³-hybridized carbons (Fsp3) is 0.0833. The molecule has 0 saturated carbocycles. The van der Waals surface area contributed by atoms with Crippen molar-refractivity contribution in [3.05, 3.63) is 45.6 Å². The van der Waals surface area contributed by atoms with Crippen LogP contribution in [0, 0.1) is 13.5 Å². The molecule has 0 saturated heterocycles. The van der Waals surface area contributed by atoms with Crippen molar-refractivity contribution in [2.45, 2.75) is 6.92 Å². The minimum absolute atomic E-state index is 0.0896. The van der Waals surface area contributed by atoms with E-state index in [4.69, 9.17) is 11.7 Å². The van der Waals surface area contributed by atoms with Gasteiger partial charge in [0.05, 0.1) is 12.3 Å². The molecule has 2 aromatic rings. The first-order chi connectivity index (χ1) is 8.11. The van der Waals surface area contributed by atoms with Crippen molar-refractivity contribution >= 4 is 23.0 Å². The predicted molar refractivity (Wildman–Crippen MR) is 65.5 cm³/mol. The Morgan fingerprint density at radius 3 is 2.53 bits per heavy atom. The van der Waals surface area contributed by atoms with Gasteiger partial charge in [-0.05, 0) is 12.5 Å². The highest BCUT2D eigenvalue weighted by Crippen LogP contribution is 2.28. The Bertz CT molecular complexity index is 608. The minimum Gasteiger partial charge on any atom is -0.476 e. The Morgan fingerprint density at radius 2 is 2.06 bits per heavy atom. The van der Waals surface area contributed by atoms with Crippen molar-refractivity contribution in [1.82, 2.24) is 4.98 Å². The van der Waals surface area contributed by atoms with E-state index in [1.54, 1.807) is 24.3 Å². The van der Waals surface area contributed by atoms with Crippen LogP contribution in [0.4, 0.5) is 5.69 Å². The van der Waals surface area contributed by atoms with E-state index in [1.807, 2.05) is 6.92 Å². The summed E-state index contributed by atoms with van der Waals surface area (Å²) >= 11 is 1.16. The third-order valence-corrected chi connectivity index (χ3v) is 3.21. The fourth-order valence-corrected chi connectivity index (χ4v) is 2.22. The third-order valence-electron chi connectivity index (χ3n) is 2.25. The number of aromatic carboxylic acids is 1. The van der Waals surface area contributed by atoms with E-state index >= 15 is 0 Å². The zero-order chi connectivity index (χ0) is 12.4. The second kappa shape index (κ2) is 4.36. The first kappa shape index (κ1) is 11.3. The normalized spacial score (nSPS) is 9.88. The van der Waals surface area contributed by atoms with Crippen molar-refractivity contribution < 1.29 is 9.90 Å². The lowest BCUT2D eigenvalue weighted by Crippen LogP contribution is -1.94. The first-order valence-electron chi connectivity index (χ1n) is 4.80. The summed E-state index contributed by atoms with van der Waals surface area (Å²) in [6.45, 7) is 8.69. The van der Waals surface area contributed by atoms with Gasteiger partial charge in [0.15, 0.2) is 5.69 Å². The highest BCUT2D eigenvalue weighted by atomic mass is 32.1. The quantitative estimate of drug-likeness (QED) is 0.824. The molecule has 0 aliphatic heterocycles. The van der Waals surface area contributed by atoms with E-state index in [2.05, 4.69) is 9.83 Å². The van der Waals surface area contributed by atoms with E-state index in [1.165, 1.54) is 0 Å². The summed E-state index contributed by atoms with van der Waals surface area (Å²) in [4.78, 5) is 19.0. The number of carboxylic acid groups (broad SMARTS) is 1. The van der Waals surface area contributed by atoms with Crippen LogP contribution in [0.3, 0.4) is 0 Å². The van der Waals surface area contributed by atoms with Gasteiger partial charge in [-0.25, -0.2) is 14.6 Å². The number of hydrogen-bond donors (Lipinski definition) is 1. The number of nitrogens with zero attached hydrogens (tertiary/aromatic N) is 2. The van der Waals surface area contributed by atoms with Crippen LogP contribution < -0.4 is 0 Å². The molecule has 1 aromatic carbocycles. The van der Waals surface area contributed by atoms with Crippen molar-refractivity contribution in [3.63, 3.8) is 0 Å². The molecule has 0 unspecified atom stereocenters. The van der Waals surface area contributed by atoms with Gasteiger partial charge in [-0.3, -0.25) is 0 Å². The molecule has 0 radical (unpaired) electrons. The van der Waals surface area contributed by atoms with Crippen molar-refractivity contribution in [2.24, 2.45) is 0 Å². The summed E-state index contributed by atoms with van der Waals surface area (Å²) in [5.74, 6) is -1.01. The lowest BCUT2D eigenvalue weighted by atomic mass is 10.1. The molecular weight excluding hydrogens is 236 g/mol. The summed E-state index contributed by atoms with van der Waals surface area (Å²) in [7, 11) is 0. The van der Waals surface area contributed by atoms with Gasteiger partial charge in [0.2, 0.25) is 5.01 Å². The molecule has 0 bridgehead atoms. The minimum atomic E-state index is -1.01. The molecule has 1 heterocycles. The molecule has 0 spiro atoms. The van der Waals surface area contributed by atoms with Gasteiger partial charge in [-0.1, -0.05) is 24.3 Å². The lowest BCUT2D eigenvalue weighted by Gasteiger charge is -1.98. The second-order valence-corrected chi connectivity index (χ2v) is 4.59. The Balaban J connectivity index is 2.46. The van der Waals surface area contributed by atoms with Crippen molar-refractivity contribution in [2.75, 3.05) is 0 Å². The molecule has 0 amide bonds. The Kier molecular flexibility index (Phi) is 2.90. The summed E-state index contributed by atoms with van der Waals surface area (Å²) in [5, 5.41) is 8.95. The number of thiazole rings is 1. The molecule has 0 aliphatic rings.